The van der Waals surface area contributed by atoms with Crippen LogP contribution in [0.5, 0.6) is 5.75 Å². The molecule has 1 saturated carbocycles. The summed E-state index contributed by atoms with van der Waals surface area (Å²) in [6.45, 7) is 4.31. The molecule has 0 N–H and O–H groups in total. The van der Waals surface area contributed by atoms with Gasteiger partial charge in [-0.2, -0.15) is 0 Å². The Morgan fingerprint density at radius 1 is 0.824 bits per heavy atom. The lowest BCUT2D eigenvalue weighted by atomic mass is 9.75. The van der Waals surface area contributed by atoms with Gasteiger partial charge >= 0.3 is 0 Å². The molecule has 1 nitrogen and oxygen atoms in total. The maximum atomic E-state index is 14.2. The van der Waals surface area contributed by atoms with Gasteiger partial charge in [0.15, 0.2) is 17.4 Å². The van der Waals surface area contributed by atoms with Crippen LogP contribution in [0.4, 0.5) is 8.78 Å². The van der Waals surface area contributed by atoms with Crippen molar-refractivity contribution in [1.29, 1.82) is 0 Å². The average molecular weight is 463 g/mol. The fraction of sp³-hybridized carbons (Fsp3) is 0.419. The van der Waals surface area contributed by atoms with Gasteiger partial charge in [-0.15, -0.1) is 0 Å². The van der Waals surface area contributed by atoms with E-state index in [9.17, 15) is 8.78 Å². The van der Waals surface area contributed by atoms with E-state index in [2.05, 4.69) is 49.4 Å². The monoisotopic (exact) mass is 462 g/mol. The molecule has 0 heterocycles. The molecule has 1 atom stereocenters. The quantitative estimate of drug-likeness (QED) is 0.308. The minimum atomic E-state index is -0.658. The Morgan fingerprint density at radius 3 is 2.06 bits per heavy atom. The van der Waals surface area contributed by atoms with Crippen molar-refractivity contribution in [2.24, 2.45) is 11.8 Å². The second kappa shape index (κ2) is 11.6. The van der Waals surface area contributed by atoms with Crippen molar-refractivity contribution in [2.45, 2.75) is 64.7 Å². The molecule has 3 aromatic rings. The van der Waals surface area contributed by atoms with E-state index in [1.165, 1.54) is 61.8 Å². The molecule has 4 rings (SSSR count). The number of hydrogen-bond acceptors (Lipinski definition) is 1. The molecule has 0 amide bonds. The van der Waals surface area contributed by atoms with Crippen LogP contribution in [-0.2, 0) is 6.42 Å². The third-order valence-corrected chi connectivity index (χ3v) is 7.44. The molecule has 180 valence electrons. The smallest absolute Gasteiger partial charge is 0.190 e. The predicted molar refractivity (Wildman–Crippen MR) is 136 cm³/mol. The van der Waals surface area contributed by atoms with Crippen molar-refractivity contribution in [3.05, 3.63) is 89.5 Å². The molecular weight excluding hydrogens is 426 g/mol. The average Bonchev–Trinajstić information content (AvgIpc) is 2.86. The van der Waals surface area contributed by atoms with Crippen LogP contribution in [0.15, 0.2) is 66.7 Å². The summed E-state index contributed by atoms with van der Waals surface area (Å²) in [6.07, 6.45) is 8.91. The van der Waals surface area contributed by atoms with Gasteiger partial charge in [0.05, 0.1) is 6.61 Å². The number of benzene rings is 3. The summed E-state index contributed by atoms with van der Waals surface area (Å²) in [7, 11) is 0. The Morgan fingerprint density at radius 2 is 1.44 bits per heavy atom. The van der Waals surface area contributed by atoms with Crippen LogP contribution in [0.1, 0.15) is 69.4 Å². The third kappa shape index (κ3) is 6.25. The maximum absolute atomic E-state index is 14.2. The summed E-state index contributed by atoms with van der Waals surface area (Å²) in [5.41, 5.74) is 4.10. The van der Waals surface area contributed by atoms with E-state index in [0.29, 0.717) is 11.5 Å². The van der Waals surface area contributed by atoms with E-state index in [1.807, 2.05) is 12.1 Å². The summed E-state index contributed by atoms with van der Waals surface area (Å²) < 4.78 is 33.5. The molecule has 3 heteroatoms. The van der Waals surface area contributed by atoms with Crippen LogP contribution in [0.25, 0.3) is 11.1 Å². The molecule has 0 aromatic heterocycles. The van der Waals surface area contributed by atoms with E-state index < -0.39 is 11.6 Å². The number of ether oxygens (including phenoxy) is 1. The van der Waals surface area contributed by atoms with Gasteiger partial charge in [-0.1, -0.05) is 87.2 Å². The number of hydrogen-bond donors (Lipinski definition) is 0. The molecule has 1 aliphatic carbocycles. The third-order valence-electron chi connectivity index (χ3n) is 7.44. The van der Waals surface area contributed by atoms with Crippen molar-refractivity contribution in [3.8, 4) is 16.9 Å². The van der Waals surface area contributed by atoms with E-state index in [1.54, 1.807) is 6.92 Å². The zero-order chi connectivity index (χ0) is 23.9. The summed E-state index contributed by atoms with van der Waals surface area (Å²) in [6, 6.07) is 21.7. The van der Waals surface area contributed by atoms with Crippen molar-refractivity contribution >= 4 is 0 Å². The van der Waals surface area contributed by atoms with Crippen molar-refractivity contribution in [1.82, 2.24) is 0 Å². The van der Waals surface area contributed by atoms with Crippen LogP contribution < -0.4 is 4.74 Å². The SMILES string of the molecule is CCOc1c(F)cc(-c2ccc(CCC3CCC(C[C@@H](C)c4ccccc4)CC3)cc2)cc1F. The van der Waals surface area contributed by atoms with Crippen molar-refractivity contribution in [3.63, 3.8) is 0 Å². The van der Waals surface area contributed by atoms with E-state index in [-0.39, 0.29) is 12.4 Å². The Bertz CT molecular complexity index is 1010. The lowest BCUT2D eigenvalue weighted by molar-refractivity contribution is 0.245. The first-order valence-corrected chi connectivity index (χ1v) is 12.8. The predicted octanol–water partition coefficient (Wildman–Crippen LogP) is 8.96. The van der Waals surface area contributed by atoms with E-state index >= 15 is 0 Å². The molecule has 0 radical (unpaired) electrons. The van der Waals surface area contributed by atoms with Gasteiger partial charge in [0.1, 0.15) is 0 Å². The van der Waals surface area contributed by atoms with Crippen LogP contribution in [0.3, 0.4) is 0 Å². The first kappa shape index (κ1) is 24.4. The lowest BCUT2D eigenvalue weighted by Crippen LogP contribution is -2.16. The second-order valence-corrected chi connectivity index (χ2v) is 9.87. The Balaban J connectivity index is 1.25. The molecule has 1 fully saturated rings. The summed E-state index contributed by atoms with van der Waals surface area (Å²) in [4.78, 5) is 0. The molecule has 0 spiro atoms. The minimum Gasteiger partial charge on any atom is -0.488 e. The van der Waals surface area contributed by atoms with Gasteiger partial charge in [0, 0.05) is 0 Å². The van der Waals surface area contributed by atoms with Crippen LogP contribution in [-0.4, -0.2) is 6.61 Å². The van der Waals surface area contributed by atoms with Crippen molar-refractivity contribution < 1.29 is 13.5 Å². The van der Waals surface area contributed by atoms with E-state index in [0.717, 1.165) is 23.8 Å². The molecule has 0 unspecified atom stereocenters. The summed E-state index contributed by atoms with van der Waals surface area (Å²) in [5.74, 6) is 0.674. The molecule has 0 saturated heterocycles. The zero-order valence-electron chi connectivity index (χ0n) is 20.4. The molecule has 34 heavy (non-hydrogen) atoms. The molecule has 1 aliphatic rings. The lowest BCUT2D eigenvalue weighted by Gasteiger charge is -2.30. The molecule has 0 aliphatic heterocycles. The van der Waals surface area contributed by atoms with Crippen molar-refractivity contribution in [2.75, 3.05) is 6.61 Å². The van der Waals surface area contributed by atoms with Gasteiger partial charge in [0.2, 0.25) is 0 Å². The number of halogens is 2. The minimum absolute atomic E-state index is 0.232. The molecular formula is C31H36F2O. The second-order valence-electron chi connectivity index (χ2n) is 9.87. The first-order chi connectivity index (χ1) is 16.5. The van der Waals surface area contributed by atoms with Gasteiger partial charge in [-0.3, -0.25) is 0 Å². The van der Waals surface area contributed by atoms with Crippen LogP contribution >= 0.6 is 0 Å². The van der Waals surface area contributed by atoms with Crippen LogP contribution in [0, 0.1) is 23.5 Å². The van der Waals surface area contributed by atoms with Crippen LogP contribution in [0.2, 0.25) is 0 Å². The van der Waals surface area contributed by atoms with Gasteiger partial charge < -0.3 is 4.74 Å². The first-order valence-electron chi connectivity index (χ1n) is 12.8. The highest BCUT2D eigenvalue weighted by Crippen LogP contribution is 2.37. The van der Waals surface area contributed by atoms with Gasteiger partial charge in [-0.25, -0.2) is 8.78 Å². The maximum Gasteiger partial charge on any atom is 0.190 e. The fourth-order valence-corrected chi connectivity index (χ4v) is 5.42. The topological polar surface area (TPSA) is 9.23 Å². The van der Waals surface area contributed by atoms with Gasteiger partial charge in [-0.05, 0) is 78.3 Å². The Hall–Kier alpha value is -2.68. The summed E-state index contributed by atoms with van der Waals surface area (Å²) in [5, 5.41) is 0. The molecule has 3 aromatic carbocycles. The summed E-state index contributed by atoms with van der Waals surface area (Å²) >= 11 is 0. The number of rotatable bonds is 9. The highest BCUT2D eigenvalue weighted by molar-refractivity contribution is 5.65. The zero-order valence-corrected chi connectivity index (χ0v) is 20.4. The highest BCUT2D eigenvalue weighted by atomic mass is 19.1. The molecule has 0 bridgehead atoms. The largest absolute Gasteiger partial charge is 0.488 e. The van der Waals surface area contributed by atoms with Gasteiger partial charge in [0.25, 0.3) is 0 Å². The number of aryl methyl sites for hydroxylation is 1. The van der Waals surface area contributed by atoms with E-state index in [4.69, 9.17) is 4.74 Å². The Labute approximate surface area is 203 Å². The standard InChI is InChI=1S/C31H36F2O/c1-3-34-31-29(32)20-28(21-30(31)33)27-17-15-24(16-18-27)10-9-23-11-13-25(14-12-23)19-22(2)26-7-5-4-6-8-26/h4-8,15-18,20-23,25H,3,9-14,19H2,1-2H3/t22-,23?,25?/m1/s1. The highest BCUT2D eigenvalue weighted by Gasteiger charge is 2.23. The normalized spacial score (nSPS) is 19.1. The Kier molecular flexibility index (Phi) is 8.37. The fourth-order valence-electron chi connectivity index (χ4n) is 5.42.